The van der Waals surface area contributed by atoms with E-state index in [1.54, 1.807) is 24.8 Å². The zero-order valence-electron chi connectivity index (χ0n) is 21.0. The summed E-state index contributed by atoms with van der Waals surface area (Å²) in [5, 5.41) is 0. The summed E-state index contributed by atoms with van der Waals surface area (Å²) >= 11 is 1.80. The second kappa shape index (κ2) is 9.65. The molecule has 1 N–H and O–H groups in total. The van der Waals surface area contributed by atoms with Gasteiger partial charge in [-0.15, -0.1) is 0 Å². The fraction of sp³-hybridized carbons (Fsp3) is 0.800. The summed E-state index contributed by atoms with van der Waals surface area (Å²) < 4.78 is 3.62. The van der Waals surface area contributed by atoms with Crippen molar-refractivity contribution in [3.8, 4) is 0 Å². The van der Waals surface area contributed by atoms with Crippen LogP contribution in [0.25, 0.3) is 0 Å². The van der Waals surface area contributed by atoms with Gasteiger partial charge in [0.25, 0.3) is 0 Å². The van der Waals surface area contributed by atoms with Crippen molar-refractivity contribution in [3.63, 3.8) is 0 Å². The Morgan fingerprint density at radius 3 is 2.53 bits per heavy atom. The lowest BCUT2D eigenvalue weighted by atomic mass is 9.42. The molecule has 0 amide bonds. The first kappa shape index (κ1) is 23.3. The number of hydrogen-bond donors (Lipinski definition) is 1. The molecule has 8 atom stereocenters. The van der Waals surface area contributed by atoms with E-state index in [1.165, 1.54) is 69.1 Å². The van der Waals surface area contributed by atoms with E-state index in [0.29, 0.717) is 10.8 Å². The maximum atomic E-state index is 3.62. The highest BCUT2D eigenvalue weighted by Gasteiger charge is 2.60. The van der Waals surface area contributed by atoms with Crippen molar-refractivity contribution in [1.29, 1.82) is 0 Å². The smallest absolute Gasteiger partial charge is 0.0228 e. The van der Waals surface area contributed by atoms with Crippen molar-refractivity contribution >= 4 is 11.9 Å². The molecule has 0 radical (unpaired) electrons. The topological polar surface area (TPSA) is 12.0 Å². The zero-order valence-corrected chi connectivity index (χ0v) is 21.8. The van der Waals surface area contributed by atoms with Gasteiger partial charge in [-0.3, -0.25) is 4.72 Å². The van der Waals surface area contributed by atoms with Gasteiger partial charge in [0.15, 0.2) is 0 Å². The van der Waals surface area contributed by atoms with Crippen molar-refractivity contribution in [3.05, 3.63) is 30.3 Å². The van der Waals surface area contributed by atoms with Crippen LogP contribution in [0.15, 0.2) is 35.2 Å². The van der Waals surface area contributed by atoms with Crippen LogP contribution in [0.1, 0.15) is 97.8 Å². The van der Waals surface area contributed by atoms with Gasteiger partial charge in [-0.05, 0) is 128 Å². The first-order valence-corrected chi connectivity index (χ1v) is 14.8. The van der Waals surface area contributed by atoms with Gasteiger partial charge in [-0.1, -0.05) is 58.2 Å². The molecule has 0 saturated heterocycles. The van der Waals surface area contributed by atoms with Crippen molar-refractivity contribution in [2.45, 2.75) is 103 Å². The Balaban J connectivity index is 1.20. The Hall–Kier alpha value is -0.470. The SMILES string of the molecule is CC[C@H]1CC2C3CCC(CCCNSc4ccccc4)C3(C)CC[C@@H]2C2(C)CCCCC12. The van der Waals surface area contributed by atoms with Crippen LogP contribution >= 0.6 is 11.9 Å². The fourth-order valence-electron chi connectivity index (χ4n) is 9.65. The van der Waals surface area contributed by atoms with Crippen LogP contribution in [0.5, 0.6) is 0 Å². The summed E-state index contributed by atoms with van der Waals surface area (Å²) in [5.41, 5.74) is 1.30. The third kappa shape index (κ3) is 4.10. The van der Waals surface area contributed by atoms with Crippen molar-refractivity contribution in [2.24, 2.45) is 46.3 Å². The zero-order chi connectivity index (χ0) is 22.2. The average Bonchev–Trinajstić information content (AvgIpc) is 3.15. The lowest BCUT2D eigenvalue weighted by Crippen LogP contribution is -2.55. The third-order valence-corrected chi connectivity index (χ3v) is 12.1. The van der Waals surface area contributed by atoms with Crippen LogP contribution in [0.2, 0.25) is 0 Å². The molecule has 0 bridgehead atoms. The van der Waals surface area contributed by atoms with Crippen LogP contribution in [0.3, 0.4) is 0 Å². The van der Waals surface area contributed by atoms with Crippen LogP contribution in [0.4, 0.5) is 0 Å². The second-order valence-corrected chi connectivity index (χ2v) is 13.4. The normalized spacial score (nSPS) is 43.3. The molecule has 1 nitrogen and oxygen atoms in total. The van der Waals surface area contributed by atoms with E-state index in [4.69, 9.17) is 0 Å². The number of fused-ring (bicyclic) bond motifs is 5. The van der Waals surface area contributed by atoms with Crippen molar-refractivity contribution in [2.75, 3.05) is 6.54 Å². The predicted octanol–water partition coefficient (Wildman–Crippen LogP) is 8.75. The van der Waals surface area contributed by atoms with Gasteiger partial charge in [-0.2, -0.15) is 0 Å². The lowest BCUT2D eigenvalue weighted by Gasteiger charge is -2.62. The molecule has 0 heterocycles. The predicted molar refractivity (Wildman–Crippen MR) is 139 cm³/mol. The monoisotopic (exact) mass is 453 g/mol. The Morgan fingerprint density at radius 1 is 0.906 bits per heavy atom. The van der Waals surface area contributed by atoms with E-state index >= 15 is 0 Å². The first-order chi connectivity index (χ1) is 15.6. The van der Waals surface area contributed by atoms with Gasteiger partial charge in [0.1, 0.15) is 0 Å². The van der Waals surface area contributed by atoms with Gasteiger partial charge in [-0.25, -0.2) is 0 Å². The van der Waals surface area contributed by atoms with Gasteiger partial charge in [0, 0.05) is 11.4 Å². The molecule has 32 heavy (non-hydrogen) atoms. The largest absolute Gasteiger partial charge is 0.260 e. The minimum Gasteiger partial charge on any atom is -0.260 e. The maximum absolute atomic E-state index is 3.62. The van der Waals surface area contributed by atoms with E-state index in [9.17, 15) is 0 Å². The highest BCUT2D eigenvalue weighted by atomic mass is 32.2. The Morgan fingerprint density at radius 2 is 1.72 bits per heavy atom. The van der Waals surface area contributed by atoms with Crippen LogP contribution in [-0.4, -0.2) is 6.54 Å². The molecule has 4 fully saturated rings. The molecule has 0 aliphatic heterocycles. The summed E-state index contributed by atoms with van der Waals surface area (Å²) in [6.07, 6.45) is 18.0. The molecule has 2 heteroatoms. The van der Waals surface area contributed by atoms with Crippen LogP contribution in [-0.2, 0) is 0 Å². The average molecular weight is 454 g/mol. The standard InChI is InChI=1S/C30H47NS/c1-4-22-21-25-27-16-15-23(11-10-20-31-32-24-12-6-5-7-13-24)29(27,2)19-17-28(25)30(3)18-9-8-14-26(22)30/h5-7,12-13,22-23,25-28,31H,4,8-11,14-21H2,1-3H3/t22-,23?,25?,26?,27?,28-,29?,30?/m0/s1. The van der Waals surface area contributed by atoms with Gasteiger partial charge in [0.05, 0.1) is 0 Å². The van der Waals surface area contributed by atoms with Crippen molar-refractivity contribution in [1.82, 2.24) is 4.72 Å². The highest BCUT2D eigenvalue weighted by molar-refractivity contribution is 7.97. The van der Waals surface area contributed by atoms with Crippen LogP contribution < -0.4 is 4.72 Å². The maximum Gasteiger partial charge on any atom is 0.0228 e. The molecular weight excluding hydrogens is 406 g/mol. The molecule has 5 rings (SSSR count). The van der Waals surface area contributed by atoms with Gasteiger partial charge in [0.2, 0.25) is 0 Å². The van der Waals surface area contributed by atoms with E-state index < -0.39 is 0 Å². The Kier molecular flexibility index (Phi) is 7.02. The van der Waals surface area contributed by atoms with E-state index in [-0.39, 0.29) is 0 Å². The lowest BCUT2D eigenvalue weighted by molar-refractivity contribution is -0.135. The molecule has 4 saturated carbocycles. The summed E-state index contributed by atoms with van der Waals surface area (Å²) in [6.45, 7) is 9.12. The molecule has 178 valence electrons. The van der Waals surface area contributed by atoms with E-state index in [1.807, 2.05) is 0 Å². The minimum atomic E-state index is 0.629. The molecule has 1 aromatic rings. The molecule has 4 aliphatic rings. The molecule has 4 aliphatic carbocycles. The summed E-state index contributed by atoms with van der Waals surface area (Å²) in [7, 11) is 0. The fourth-order valence-corrected chi connectivity index (χ4v) is 10.4. The van der Waals surface area contributed by atoms with E-state index in [2.05, 4.69) is 55.8 Å². The summed E-state index contributed by atoms with van der Waals surface area (Å²) in [5.74, 6) is 6.12. The minimum absolute atomic E-state index is 0.629. The molecule has 0 spiro atoms. The molecule has 6 unspecified atom stereocenters. The Bertz CT molecular complexity index is 748. The third-order valence-electron chi connectivity index (χ3n) is 11.2. The highest BCUT2D eigenvalue weighted by Crippen LogP contribution is 2.69. The molecule has 0 aromatic heterocycles. The number of nitrogens with one attached hydrogen (secondary N) is 1. The number of hydrogen-bond acceptors (Lipinski definition) is 2. The van der Waals surface area contributed by atoms with Crippen molar-refractivity contribution < 1.29 is 0 Å². The number of rotatable bonds is 7. The van der Waals surface area contributed by atoms with Gasteiger partial charge >= 0.3 is 0 Å². The summed E-state index contributed by atoms with van der Waals surface area (Å²) in [6, 6.07) is 10.8. The first-order valence-electron chi connectivity index (χ1n) is 14.0. The molecule has 1 aromatic carbocycles. The van der Waals surface area contributed by atoms with Gasteiger partial charge < -0.3 is 0 Å². The Labute approximate surface area is 202 Å². The summed E-state index contributed by atoms with van der Waals surface area (Å²) in [4.78, 5) is 1.33. The van der Waals surface area contributed by atoms with Crippen LogP contribution in [0, 0.1) is 46.3 Å². The quantitative estimate of drug-likeness (QED) is 0.327. The number of benzene rings is 1. The molecular formula is C30H47NS. The second-order valence-electron chi connectivity index (χ2n) is 12.4. The van der Waals surface area contributed by atoms with E-state index in [0.717, 1.165) is 42.1 Å².